The van der Waals surface area contributed by atoms with E-state index >= 15 is 0 Å². The lowest BCUT2D eigenvalue weighted by atomic mass is 9.88. The summed E-state index contributed by atoms with van der Waals surface area (Å²) in [5, 5.41) is 5.72. The molecule has 0 aromatic rings. The molecule has 5 nitrogen and oxygen atoms in total. The van der Waals surface area contributed by atoms with Crippen LogP contribution in [0, 0.1) is 17.8 Å². The van der Waals surface area contributed by atoms with E-state index in [1.807, 2.05) is 0 Å². The zero-order chi connectivity index (χ0) is 20.6. The van der Waals surface area contributed by atoms with Crippen molar-refractivity contribution in [1.29, 1.82) is 0 Å². The van der Waals surface area contributed by atoms with E-state index in [9.17, 15) is 9.59 Å². The third-order valence-electron chi connectivity index (χ3n) is 4.83. The lowest BCUT2D eigenvalue weighted by Gasteiger charge is -2.16. The number of hydrogen-bond donors (Lipinski definition) is 3. The summed E-state index contributed by atoms with van der Waals surface area (Å²) < 4.78 is 0. The Bertz CT molecular complexity index is 443. The normalized spacial score (nSPS) is 21.6. The van der Waals surface area contributed by atoms with Crippen LogP contribution in [0.5, 0.6) is 0 Å². The van der Waals surface area contributed by atoms with Crippen LogP contribution in [0.3, 0.4) is 0 Å². The molecule has 0 heterocycles. The first-order valence-electron chi connectivity index (χ1n) is 10.3. The van der Waals surface area contributed by atoms with Crippen molar-refractivity contribution < 1.29 is 9.59 Å². The molecule has 1 fully saturated rings. The molecule has 2 amide bonds. The van der Waals surface area contributed by atoms with Crippen LogP contribution in [0.25, 0.3) is 0 Å². The van der Waals surface area contributed by atoms with Crippen molar-refractivity contribution in [2.45, 2.75) is 46.0 Å². The van der Waals surface area contributed by atoms with Gasteiger partial charge in [-0.2, -0.15) is 0 Å². The van der Waals surface area contributed by atoms with Gasteiger partial charge in [-0.15, -0.1) is 0 Å². The Morgan fingerprint density at radius 2 is 1.57 bits per heavy atom. The van der Waals surface area contributed by atoms with E-state index in [1.54, 1.807) is 43.2 Å². The molecular weight excluding hydrogens is 430 g/mol. The Labute approximate surface area is 186 Å². The van der Waals surface area contributed by atoms with Crippen molar-refractivity contribution in [3.8, 4) is 0 Å². The Kier molecular flexibility index (Phi) is 16.0. The molecule has 3 atom stereocenters. The van der Waals surface area contributed by atoms with Gasteiger partial charge in [0.05, 0.1) is 0 Å². The highest BCUT2D eigenvalue weighted by Crippen LogP contribution is 2.39. The number of urea groups is 1. The van der Waals surface area contributed by atoms with E-state index < -0.39 is 0 Å². The third kappa shape index (κ3) is 12.1. The van der Waals surface area contributed by atoms with Gasteiger partial charge < -0.3 is 16.4 Å². The fourth-order valence-electron chi connectivity index (χ4n) is 3.50. The largest absolute Gasteiger partial charge is 0.337 e. The summed E-state index contributed by atoms with van der Waals surface area (Å²) in [5.74, 6) is 5.84. The first-order valence-corrected chi connectivity index (χ1v) is 15.3. The first-order chi connectivity index (χ1) is 13.6. The fraction of sp³-hybridized carbons (Fsp3) is 0.895. The molecule has 1 saturated carbocycles. The molecule has 0 saturated heterocycles. The van der Waals surface area contributed by atoms with Gasteiger partial charge in [0.1, 0.15) is 5.78 Å². The molecule has 0 spiro atoms. The van der Waals surface area contributed by atoms with Crippen molar-refractivity contribution in [1.82, 2.24) is 10.6 Å². The first kappa shape index (κ1) is 26.3. The summed E-state index contributed by atoms with van der Waals surface area (Å²) in [6, 6.07) is -0.100. The molecule has 0 aliphatic heterocycles. The van der Waals surface area contributed by atoms with E-state index in [2.05, 4.69) is 24.5 Å². The summed E-state index contributed by atoms with van der Waals surface area (Å²) in [5.41, 5.74) is 5.42. The maximum absolute atomic E-state index is 12.5. The minimum absolute atomic E-state index is 0.100. The van der Waals surface area contributed by atoms with Gasteiger partial charge in [0.2, 0.25) is 0 Å². The summed E-state index contributed by atoms with van der Waals surface area (Å²) >= 11 is 0. The van der Waals surface area contributed by atoms with E-state index in [-0.39, 0.29) is 6.03 Å². The quantitative estimate of drug-likeness (QED) is 0.229. The van der Waals surface area contributed by atoms with Crippen LogP contribution in [0.2, 0.25) is 0 Å². The summed E-state index contributed by atoms with van der Waals surface area (Å²) in [4.78, 5) is 24.1. The minimum atomic E-state index is -0.100. The van der Waals surface area contributed by atoms with Crippen molar-refractivity contribution >= 4 is 55.0 Å². The van der Waals surface area contributed by atoms with E-state index in [0.717, 1.165) is 48.7 Å². The lowest BCUT2D eigenvalue weighted by Crippen LogP contribution is -2.37. The van der Waals surface area contributed by atoms with E-state index in [0.29, 0.717) is 43.2 Å². The average Bonchev–Trinajstić information content (AvgIpc) is 3.07. The molecule has 9 heteroatoms. The standard InChI is InChI=1S/C19H37N3O2S4/c1-3-16-13-15(2)14-17(16)18(23)5-4-9-25-27-11-7-21-19(24)22-8-12-28-26-10-6-20/h15-17H,3-14,20H2,1-2H3,(H2,21,22,24)/t15-,16-,17?/m1/s1. The SMILES string of the molecule is CC[C@@H]1C[C@@H](C)CC1C(=O)CCCSSCCNC(=O)NCCSSCCN. The van der Waals surface area contributed by atoms with E-state index in [1.165, 1.54) is 6.42 Å². The number of nitrogens with two attached hydrogens (primary N) is 1. The fourth-order valence-corrected chi connectivity index (χ4v) is 7.26. The van der Waals surface area contributed by atoms with Gasteiger partial charge in [0, 0.05) is 55.0 Å². The topological polar surface area (TPSA) is 84.2 Å². The zero-order valence-electron chi connectivity index (χ0n) is 17.2. The van der Waals surface area contributed by atoms with Crippen LogP contribution in [0.4, 0.5) is 4.79 Å². The number of carbonyl (C=O) groups is 2. The molecule has 0 aromatic carbocycles. The summed E-state index contributed by atoms with van der Waals surface area (Å²) in [6.45, 7) is 6.51. The van der Waals surface area contributed by atoms with Crippen molar-refractivity contribution in [3.05, 3.63) is 0 Å². The molecule has 1 aliphatic rings. The monoisotopic (exact) mass is 467 g/mol. The lowest BCUT2D eigenvalue weighted by molar-refractivity contribution is -0.124. The zero-order valence-corrected chi connectivity index (χ0v) is 20.5. The maximum Gasteiger partial charge on any atom is 0.314 e. The minimum Gasteiger partial charge on any atom is -0.337 e. The number of ketones is 1. The second-order valence-electron chi connectivity index (χ2n) is 7.18. The molecule has 1 rings (SSSR count). The molecule has 164 valence electrons. The Morgan fingerprint density at radius 1 is 0.964 bits per heavy atom. The molecule has 0 radical (unpaired) electrons. The van der Waals surface area contributed by atoms with Crippen LogP contribution in [-0.2, 0) is 4.79 Å². The average molecular weight is 468 g/mol. The molecule has 28 heavy (non-hydrogen) atoms. The van der Waals surface area contributed by atoms with Crippen LogP contribution < -0.4 is 16.4 Å². The molecule has 4 N–H and O–H groups in total. The van der Waals surface area contributed by atoms with Gasteiger partial charge in [-0.3, -0.25) is 4.79 Å². The van der Waals surface area contributed by atoms with E-state index in [4.69, 9.17) is 5.73 Å². The van der Waals surface area contributed by atoms with Gasteiger partial charge in [-0.25, -0.2) is 4.79 Å². The smallest absolute Gasteiger partial charge is 0.314 e. The Hall–Kier alpha value is 0.300. The van der Waals surface area contributed by atoms with Gasteiger partial charge in [0.15, 0.2) is 0 Å². The molecule has 1 unspecified atom stereocenters. The molecule has 0 aromatic heterocycles. The number of hydrogen-bond acceptors (Lipinski definition) is 7. The number of Topliss-reactive ketones (excluding diaryl/α,β-unsaturated/α-hetero) is 1. The van der Waals surface area contributed by atoms with Crippen molar-refractivity contribution in [2.24, 2.45) is 23.5 Å². The molecule has 1 aliphatic carbocycles. The number of rotatable bonds is 16. The number of carbonyl (C=O) groups excluding carboxylic acids is 2. The highest BCUT2D eigenvalue weighted by molar-refractivity contribution is 8.77. The van der Waals surface area contributed by atoms with Crippen molar-refractivity contribution in [3.63, 3.8) is 0 Å². The Balaban J connectivity index is 1.91. The predicted molar refractivity (Wildman–Crippen MR) is 130 cm³/mol. The van der Waals surface area contributed by atoms with Gasteiger partial charge in [-0.05, 0) is 31.1 Å². The maximum atomic E-state index is 12.5. The van der Waals surface area contributed by atoms with Crippen LogP contribution >= 0.6 is 43.2 Å². The highest BCUT2D eigenvalue weighted by Gasteiger charge is 2.34. The third-order valence-corrected chi connectivity index (χ3v) is 9.76. The second kappa shape index (κ2) is 17.0. The Morgan fingerprint density at radius 3 is 2.18 bits per heavy atom. The van der Waals surface area contributed by atoms with Gasteiger partial charge in [-0.1, -0.05) is 63.4 Å². The second-order valence-corrected chi connectivity index (χ2v) is 12.6. The number of amides is 2. The predicted octanol–water partition coefficient (Wildman–Crippen LogP) is 4.43. The molecular formula is C19H37N3O2S4. The van der Waals surface area contributed by atoms with Crippen LogP contribution in [0.1, 0.15) is 46.0 Å². The highest BCUT2D eigenvalue weighted by atomic mass is 33.1. The van der Waals surface area contributed by atoms with Crippen molar-refractivity contribution in [2.75, 3.05) is 42.6 Å². The summed E-state index contributed by atoms with van der Waals surface area (Å²) in [7, 11) is 7.04. The number of nitrogens with one attached hydrogen (secondary N) is 2. The summed E-state index contributed by atoms with van der Waals surface area (Å²) in [6.07, 6.45) is 5.15. The molecule has 0 bridgehead atoms. The van der Waals surface area contributed by atoms with Crippen LogP contribution in [-0.4, -0.2) is 54.5 Å². The van der Waals surface area contributed by atoms with Gasteiger partial charge >= 0.3 is 6.03 Å². The van der Waals surface area contributed by atoms with Crippen LogP contribution in [0.15, 0.2) is 0 Å². The van der Waals surface area contributed by atoms with Gasteiger partial charge in [0.25, 0.3) is 0 Å².